The Bertz CT molecular complexity index is 916. The third-order valence-electron chi connectivity index (χ3n) is 5.47. The van der Waals surface area contributed by atoms with Crippen LogP contribution in [-0.4, -0.2) is 23.7 Å². The van der Waals surface area contributed by atoms with Crippen molar-refractivity contribution < 1.29 is 0 Å². The van der Waals surface area contributed by atoms with E-state index in [4.69, 9.17) is 4.99 Å². The molecule has 0 aromatic rings. The summed E-state index contributed by atoms with van der Waals surface area (Å²) in [6, 6.07) is 0. The van der Waals surface area contributed by atoms with Gasteiger partial charge >= 0.3 is 0 Å². The number of nitrogens with one attached hydrogen (secondary N) is 1. The van der Waals surface area contributed by atoms with Crippen molar-refractivity contribution in [2.24, 2.45) is 10.9 Å². The summed E-state index contributed by atoms with van der Waals surface area (Å²) < 4.78 is 0. The van der Waals surface area contributed by atoms with Crippen LogP contribution in [-0.2, 0) is 0 Å². The van der Waals surface area contributed by atoms with Crippen molar-refractivity contribution in [1.82, 2.24) is 10.2 Å². The molecule has 2 fully saturated rings. The normalized spacial score (nSPS) is 21.7. The van der Waals surface area contributed by atoms with Gasteiger partial charge in [-0.15, -0.1) is 0 Å². The Hall–Kier alpha value is -3.07. The van der Waals surface area contributed by atoms with Gasteiger partial charge in [-0.05, 0) is 45.8 Å². The highest BCUT2D eigenvalue weighted by molar-refractivity contribution is 5.98. The van der Waals surface area contributed by atoms with Crippen LogP contribution in [0.5, 0.6) is 0 Å². The summed E-state index contributed by atoms with van der Waals surface area (Å²) in [5, 5.41) is 3.25. The summed E-state index contributed by atoms with van der Waals surface area (Å²) in [6.45, 7) is 26.6. The van der Waals surface area contributed by atoms with E-state index in [1.807, 2.05) is 45.1 Å². The largest absolute Gasteiger partial charge is 0.369 e. The van der Waals surface area contributed by atoms with Gasteiger partial charge in [0.05, 0.1) is 22.8 Å². The molecule has 0 aliphatic carbocycles. The lowest BCUT2D eigenvalue weighted by molar-refractivity contribution is 0.451. The average molecular weight is 402 g/mol. The Morgan fingerprint density at radius 2 is 1.90 bits per heavy atom. The Balaban J connectivity index is 2.39. The maximum absolute atomic E-state index is 5.02. The second-order valence-corrected chi connectivity index (χ2v) is 7.70. The highest BCUT2D eigenvalue weighted by Gasteiger charge is 2.38. The molecular weight excluding hydrogens is 366 g/mol. The number of nitrogens with zero attached hydrogens (tertiary/aromatic N) is 2. The van der Waals surface area contributed by atoms with Crippen LogP contribution in [0.1, 0.15) is 34.1 Å². The third-order valence-corrected chi connectivity index (χ3v) is 5.47. The first kappa shape index (κ1) is 23.2. The fourth-order valence-electron chi connectivity index (χ4n) is 3.61. The lowest BCUT2D eigenvalue weighted by Crippen LogP contribution is -2.20. The van der Waals surface area contributed by atoms with Gasteiger partial charge in [0, 0.05) is 30.3 Å². The Kier molecular flexibility index (Phi) is 8.23. The van der Waals surface area contributed by atoms with Crippen molar-refractivity contribution in [3.63, 3.8) is 0 Å². The van der Waals surface area contributed by atoms with E-state index in [9.17, 15) is 0 Å². The summed E-state index contributed by atoms with van der Waals surface area (Å²) in [5.41, 5.74) is 7.75. The monoisotopic (exact) mass is 401 g/mol. The zero-order valence-corrected chi connectivity index (χ0v) is 19.0. The number of piperidine rings is 1. The number of aliphatic imine (C=N–C) groups is 1. The van der Waals surface area contributed by atoms with Crippen molar-refractivity contribution in [3.05, 3.63) is 108 Å². The molecule has 1 N–H and O–H groups in total. The van der Waals surface area contributed by atoms with Gasteiger partial charge in [0.15, 0.2) is 0 Å². The molecule has 158 valence electrons. The highest BCUT2D eigenvalue weighted by Crippen LogP contribution is 2.42. The molecule has 1 unspecified atom stereocenters. The van der Waals surface area contributed by atoms with E-state index in [1.165, 1.54) is 17.6 Å². The molecule has 2 aliphatic rings. The first-order valence-corrected chi connectivity index (χ1v) is 10.5. The van der Waals surface area contributed by atoms with Crippen molar-refractivity contribution >= 4 is 5.71 Å². The molecule has 0 aromatic heterocycles. The second-order valence-electron chi connectivity index (χ2n) is 7.70. The van der Waals surface area contributed by atoms with Gasteiger partial charge < -0.3 is 10.2 Å². The molecule has 0 saturated carbocycles. The minimum Gasteiger partial charge on any atom is -0.369 e. The molecule has 30 heavy (non-hydrogen) atoms. The molecule has 2 rings (SSSR count). The predicted octanol–water partition coefficient (Wildman–Crippen LogP) is 6.38. The lowest BCUT2D eigenvalue weighted by atomic mass is 9.95. The van der Waals surface area contributed by atoms with Crippen molar-refractivity contribution in [2.45, 2.75) is 34.1 Å². The SMILES string of the molecule is C=C/C=C(\C=C/C)C(/N=C(\C)C(=C)NC(=C)/C=C\C(C)=C/C)=C1/C(=C)C2CCN1C2. The Labute approximate surface area is 182 Å². The van der Waals surface area contributed by atoms with E-state index in [0.29, 0.717) is 5.92 Å². The van der Waals surface area contributed by atoms with E-state index in [0.717, 1.165) is 47.2 Å². The first-order chi connectivity index (χ1) is 14.3. The smallest absolute Gasteiger partial charge is 0.0941 e. The summed E-state index contributed by atoms with van der Waals surface area (Å²) in [6.07, 6.45) is 15.1. The standard InChI is InChI=1S/C27H35N3/c1-9-12-24(13-10-2)26(27-21(6)25-16-17-30(27)18-25)29-23(8)22(7)28-20(5)15-14-19(4)11-3/h9-15,25,28H,1,5-7,16-18H2,2-4,8H3/b13-10-,15-14-,19-11-,24-12+,27-26+,29-23+. The van der Waals surface area contributed by atoms with Crippen LogP contribution in [0.2, 0.25) is 0 Å². The van der Waals surface area contributed by atoms with E-state index < -0.39 is 0 Å². The lowest BCUT2D eigenvalue weighted by Gasteiger charge is -2.23. The number of hydrogen-bond donors (Lipinski definition) is 1. The predicted molar refractivity (Wildman–Crippen MR) is 132 cm³/mol. The van der Waals surface area contributed by atoms with Gasteiger partial charge in [-0.25, -0.2) is 4.99 Å². The molecule has 2 aliphatic heterocycles. The third kappa shape index (κ3) is 5.50. The quantitative estimate of drug-likeness (QED) is 0.359. The summed E-state index contributed by atoms with van der Waals surface area (Å²) in [7, 11) is 0. The Morgan fingerprint density at radius 3 is 2.47 bits per heavy atom. The molecule has 2 bridgehead atoms. The fraction of sp³-hybridized carbons (Fsp3) is 0.296. The van der Waals surface area contributed by atoms with Gasteiger partial charge in [0.2, 0.25) is 0 Å². The van der Waals surface area contributed by atoms with Crippen molar-refractivity contribution in [2.75, 3.05) is 13.1 Å². The molecule has 2 saturated heterocycles. The second kappa shape index (κ2) is 10.6. The van der Waals surface area contributed by atoms with Gasteiger partial charge in [-0.1, -0.05) is 68.3 Å². The number of hydrogen-bond acceptors (Lipinski definition) is 3. The number of rotatable bonds is 9. The van der Waals surface area contributed by atoms with Crippen molar-refractivity contribution in [1.29, 1.82) is 0 Å². The minimum absolute atomic E-state index is 0.530. The van der Waals surface area contributed by atoms with Crippen molar-refractivity contribution in [3.8, 4) is 0 Å². The van der Waals surface area contributed by atoms with E-state index in [2.05, 4.69) is 55.6 Å². The van der Waals surface area contributed by atoms with Gasteiger partial charge in [0.25, 0.3) is 0 Å². The molecule has 0 amide bonds. The van der Waals surface area contributed by atoms with Crippen LogP contribution >= 0.6 is 0 Å². The fourth-order valence-corrected chi connectivity index (χ4v) is 3.61. The molecule has 0 aromatic carbocycles. The van der Waals surface area contributed by atoms with Gasteiger partial charge in [-0.3, -0.25) is 0 Å². The molecule has 0 spiro atoms. The molecule has 1 atom stereocenters. The minimum atomic E-state index is 0.530. The molecule has 3 heteroatoms. The highest BCUT2D eigenvalue weighted by atomic mass is 15.2. The topological polar surface area (TPSA) is 27.6 Å². The van der Waals surface area contributed by atoms with Crippen LogP contribution in [0.15, 0.2) is 113 Å². The summed E-state index contributed by atoms with van der Waals surface area (Å²) in [4.78, 5) is 7.42. The van der Waals surface area contributed by atoms with Crippen LogP contribution in [0.25, 0.3) is 0 Å². The first-order valence-electron chi connectivity index (χ1n) is 10.5. The van der Waals surface area contributed by atoms with E-state index in [-0.39, 0.29) is 0 Å². The van der Waals surface area contributed by atoms with Gasteiger partial charge in [-0.2, -0.15) is 0 Å². The van der Waals surface area contributed by atoms with E-state index in [1.54, 1.807) is 6.08 Å². The number of fused-ring (bicyclic) bond motifs is 2. The summed E-state index contributed by atoms with van der Waals surface area (Å²) in [5.74, 6) is 0.530. The molecular formula is C27H35N3. The van der Waals surface area contributed by atoms with Crippen LogP contribution < -0.4 is 5.32 Å². The maximum Gasteiger partial charge on any atom is 0.0941 e. The maximum atomic E-state index is 5.02. The zero-order valence-electron chi connectivity index (χ0n) is 19.0. The van der Waals surface area contributed by atoms with Crippen LogP contribution in [0.3, 0.4) is 0 Å². The Morgan fingerprint density at radius 1 is 1.17 bits per heavy atom. The number of allylic oxidation sites excluding steroid dienone is 10. The van der Waals surface area contributed by atoms with Crippen LogP contribution in [0, 0.1) is 5.92 Å². The van der Waals surface area contributed by atoms with Crippen LogP contribution in [0.4, 0.5) is 0 Å². The summed E-state index contributed by atoms with van der Waals surface area (Å²) >= 11 is 0. The molecule has 2 heterocycles. The zero-order chi connectivity index (χ0) is 22.3. The molecule has 3 nitrogen and oxygen atoms in total. The molecule has 0 radical (unpaired) electrons. The van der Waals surface area contributed by atoms with E-state index >= 15 is 0 Å². The average Bonchev–Trinajstić information content (AvgIpc) is 3.31. The van der Waals surface area contributed by atoms with Gasteiger partial charge in [0.1, 0.15) is 0 Å².